The van der Waals surface area contributed by atoms with Crippen molar-refractivity contribution in [2.24, 2.45) is 0 Å². The van der Waals surface area contributed by atoms with E-state index < -0.39 is 11.7 Å². The van der Waals surface area contributed by atoms with Crippen LogP contribution in [0.25, 0.3) is 16.8 Å². The van der Waals surface area contributed by atoms with Crippen LogP contribution in [0.2, 0.25) is 0 Å². The summed E-state index contributed by atoms with van der Waals surface area (Å²) in [6, 6.07) is 10.0. The van der Waals surface area contributed by atoms with Crippen LogP contribution in [0, 0.1) is 0 Å². The fourth-order valence-corrected chi connectivity index (χ4v) is 3.33. The molecule has 0 fully saturated rings. The standard InChI is InChI=1S/C19H13F3N6OS/c20-19(21,22)14-5-2-1-4-13(14)12-6-7-15-25-17(27-28(15)10-12)26-16(29)11-30-18-23-8-3-9-24-18/h1-10H,11H2,(H,26,27,29). The molecule has 0 bridgehead atoms. The number of hydrogen-bond donors (Lipinski definition) is 1. The predicted molar refractivity (Wildman–Crippen MR) is 105 cm³/mol. The molecule has 3 heterocycles. The van der Waals surface area contributed by atoms with Crippen LogP contribution in [0.4, 0.5) is 19.1 Å². The Bertz CT molecular complexity index is 1200. The number of aromatic nitrogens is 5. The average molecular weight is 430 g/mol. The molecule has 4 aromatic rings. The van der Waals surface area contributed by atoms with Gasteiger partial charge in [-0.2, -0.15) is 18.2 Å². The normalized spacial score (nSPS) is 11.6. The second-order valence-corrected chi connectivity index (χ2v) is 7.01. The van der Waals surface area contributed by atoms with E-state index in [9.17, 15) is 18.0 Å². The predicted octanol–water partition coefficient (Wildman–Crippen LogP) is 3.94. The van der Waals surface area contributed by atoms with Crippen LogP contribution in [0.3, 0.4) is 0 Å². The van der Waals surface area contributed by atoms with Crippen LogP contribution in [-0.2, 0) is 11.0 Å². The molecule has 30 heavy (non-hydrogen) atoms. The van der Waals surface area contributed by atoms with Crippen LogP contribution >= 0.6 is 11.8 Å². The van der Waals surface area contributed by atoms with Crippen LogP contribution in [0.5, 0.6) is 0 Å². The molecule has 7 nitrogen and oxygen atoms in total. The summed E-state index contributed by atoms with van der Waals surface area (Å²) >= 11 is 1.16. The molecule has 0 spiro atoms. The fraction of sp³-hybridized carbons (Fsp3) is 0.105. The molecule has 1 N–H and O–H groups in total. The maximum atomic E-state index is 13.3. The number of benzene rings is 1. The first kappa shape index (κ1) is 19.8. The highest BCUT2D eigenvalue weighted by Gasteiger charge is 2.33. The van der Waals surface area contributed by atoms with Crippen molar-refractivity contribution in [1.82, 2.24) is 24.6 Å². The van der Waals surface area contributed by atoms with Gasteiger partial charge in [0.05, 0.1) is 11.3 Å². The molecule has 1 amide bonds. The van der Waals surface area contributed by atoms with Crippen LogP contribution in [0.15, 0.2) is 66.2 Å². The zero-order valence-corrected chi connectivity index (χ0v) is 16.0. The number of amides is 1. The van der Waals surface area contributed by atoms with Gasteiger partial charge in [0.15, 0.2) is 10.8 Å². The number of alkyl halides is 3. The lowest BCUT2D eigenvalue weighted by Crippen LogP contribution is -2.15. The Kier molecular flexibility index (Phi) is 5.36. The quantitative estimate of drug-likeness (QED) is 0.381. The third-order valence-corrected chi connectivity index (χ3v) is 4.88. The molecule has 3 aromatic heterocycles. The monoisotopic (exact) mass is 430 g/mol. The highest BCUT2D eigenvalue weighted by Crippen LogP contribution is 2.36. The maximum absolute atomic E-state index is 13.3. The summed E-state index contributed by atoms with van der Waals surface area (Å²) in [5.41, 5.74) is 0.0120. The summed E-state index contributed by atoms with van der Waals surface area (Å²) in [5, 5.41) is 7.16. The number of halogens is 3. The summed E-state index contributed by atoms with van der Waals surface area (Å²) in [4.78, 5) is 24.3. The van der Waals surface area contributed by atoms with Crippen molar-refractivity contribution in [3.05, 3.63) is 66.6 Å². The van der Waals surface area contributed by atoms with Crippen molar-refractivity contribution in [3.8, 4) is 11.1 Å². The van der Waals surface area contributed by atoms with Gasteiger partial charge in [-0.15, -0.1) is 5.10 Å². The van der Waals surface area contributed by atoms with Crippen molar-refractivity contribution in [2.75, 3.05) is 11.1 Å². The first-order chi connectivity index (χ1) is 14.4. The second-order valence-electron chi connectivity index (χ2n) is 6.07. The van der Waals surface area contributed by atoms with E-state index in [0.717, 1.165) is 17.8 Å². The number of nitrogens with one attached hydrogen (secondary N) is 1. The van der Waals surface area contributed by atoms with E-state index in [2.05, 4.69) is 25.4 Å². The lowest BCUT2D eigenvalue weighted by molar-refractivity contribution is -0.137. The minimum Gasteiger partial charge on any atom is -0.292 e. The van der Waals surface area contributed by atoms with E-state index in [1.807, 2.05) is 0 Å². The van der Waals surface area contributed by atoms with Gasteiger partial charge in [0, 0.05) is 24.2 Å². The number of carbonyl (C=O) groups excluding carboxylic acids is 1. The summed E-state index contributed by atoms with van der Waals surface area (Å²) in [6.45, 7) is 0. The molecule has 0 aliphatic carbocycles. The molecule has 4 rings (SSSR count). The Morgan fingerprint density at radius 3 is 2.60 bits per heavy atom. The molecule has 0 radical (unpaired) electrons. The van der Waals surface area contributed by atoms with Crippen molar-refractivity contribution in [1.29, 1.82) is 0 Å². The van der Waals surface area contributed by atoms with E-state index in [1.165, 1.54) is 41.0 Å². The molecule has 0 saturated heterocycles. The number of thioether (sulfide) groups is 1. The molecule has 0 aliphatic heterocycles. The van der Waals surface area contributed by atoms with Crippen molar-refractivity contribution >= 4 is 29.3 Å². The molecule has 1 aromatic carbocycles. The van der Waals surface area contributed by atoms with Gasteiger partial charge in [-0.3, -0.25) is 10.1 Å². The van der Waals surface area contributed by atoms with Gasteiger partial charge >= 0.3 is 6.18 Å². The molecule has 152 valence electrons. The van der Waals surface area contributed by atoms with E-state index in [0.29, 0.717) is 16.4 Å². The van der Waals surface area contributed by atoms with E-state index >= 15 is 0 Å². The Labute approximate surface area is 172 Å². The SMILES string of the molecule is O=C(CSc1ncccn1)Nc1nc2ccc(-c3ccccc3C(F)(F)F)cn2n1. The average Bonchev–Trinajstić information content (AvgIpc) is 3.13. The van der Waals surface area contributed by atoms with E-state index in [1.54, 1.807) is 18.5 Å². The van der Waals surface area contributed by atoms with Gasteiger partial charge < -0.3 is 0 Å². The Balaban J connectivity index is 1.53. The lowest BCUT2D eigenvalue weighted by Gasteiger charge is -2.12. The number of carbonyl (C=O) groups is 1. The maximum Gasteiger partial charge on any atom is 0.417 e. The zero-order valence-electron chi connectivity index (χ0n) is 15.2. The number of fused-ring (bicyclic) bond motifs is 1. The van der Waals surface area contributed by atoms with Gasteiger partial charge in [0.2, 0.25) is 11.9 Å². The Hall–Kier alpha value is -3.47. The van der Waals surface area contributed by atoms with Crippen molar-refractivity contribution < 1.29 is 18.0 Å². The fourth-order valence-electron chi connectivity index (χ4n) is 2.73. The number of rotatable bonds is 5. The van der Waals surface area contributed by atoms with Crippen molar-refractivity contribution in [3.63, 3.8) is 0 Å². The summed E-state index contributed by atoms with van der Waals surface area (Å²) < 4.78 is 41.2. The topological polar surface area (TPSA) is 85.1 Å². The smallest absolute Gasteiger partial charge is 0.292 e. The highest BCUT2D eigenvalue weighted by molar-refractivity contribution is 7.99. The number of pyridine rings is 1. The van der Waals surface area contributed by atoms with Crippen LogP contribution < -0.4 is 5.32 Å². The minimum atomic E-state index is -4.48. The molecular formula is C19H13F3N6OS. The van der Waals surface area contributed by atoms with Gasteiger partial charge in [-0.25, -0.2) is 14.5 Å². The van der Waals surface area contributed by atoms with Crippen molar-refractivity contribution in [2.45, 2.75) is 11.3 Å². The largest absolute Gasteiger partial charge is 0.417 e. The van der Waals surface area contributed by atoms with Gasteiger partial charge in [-0.1, -0.05) is 30.0 Å². The molecule has 0 saturated carbocycles. The molecule has 0 unspecified atom stereocenters. The minimum absolute atomic E-state index is 0.0345. The first-order valence-corrected chi connectivity index (χ1v) is 9.61. The van der Waals surface area contributed by atoms with Gasteiger partial charge in [0.1, 0.15) is 0 Å². The summed E-state index contributed by atoms with van der Waals surface area (Å²) in [7, 11) is 0. The van der Waals surface area contributed by atoms with Crippen LogP contribution in [0.1, 0.15) is 5.56 Å². The second kappa shape index (κ2) is 8.11. The third-order valence-electron chi connectivity index (χ3n) is 4.00. The number of nitrogens with zero attached hydrogens (tertiary/aromatic N) is 5. The van der Waals surface area contributed by atoms with Crippen LogP contribution in [-0.4, -0.2) is 36.2 Å². The Morgan fingerprint density at radius 2 is 1.83 bits per heavy atom. The Morgan fingerprint density at radius 1 is 1.07 bits per heavy atom. The van der Waals surface area contributed by atoms with Gasteiger partial charge in [0.25, 0.3) is 0 Å². The zero-order chi connectivity index (χ0) is 21.1. The number of anilines is 1. The van der Waals surface area contributed by atoms with E-state index in [4.69, 9.17) is 0 Å². The lowest BCUT2D eigenvalue weighted by atomic mass is 10.0. The first-order valence-electron chi connectivity index (χ1n) is 8.63. The number of hydrogen-bond acceptors (Lipinski definition) is 6. The summed E-state index contributed by atoms with van der Waals surface area (Å²) in [5.74, 6) is -0.245. The summed E-state index contributed by atoms with van der Waals surface area (Å²) in [6.07, 6.45) is 0.110. The van der Waals surface area contributed by atoms with Gasteiger partial charge in [-0.05, 0) is 29.8 Å². The highest BCUT2D eigenvalue weighted by atomic mass is 32.2. The molecule has 0 atom stereocenters. The molecule has 11 heteroatoms. The van der Waals surface area contributed by atoms with E-state index in [-0.39, 0.29) is 23.2 Å². The molecular weight excluding hydrogens is 417 g/mol. The third kappa shape index (κ3) is 4.40. The molecule has 0 aliphatic rings.